The summed E-state index contributed by atoms with van der Waals surface area (Å²) in [5, 5.41) is 23.0. The van der Waals surface area contributed by atoms with E-state index in [1.165, 1.54) is 6.07 Å². The molecule has 0 aliphatic rings. The summed E-state index contributed by atoms with van der Waals surface area (Å²) in [6, 6.07) is 5.32. The third-order valence-electron chi connectivity index (χ3n) is 3.17. The van der Waals surface area contributed by atoms with Gasteiger partial charge in [-0.1, -0.05) is 23.7 Å². The Morgan fingerprint density at radius 3 is 2.00 bits per heavy atom. The van der Waals surface area contributed by atoms with Gasteiger partial charge in [-0.25, -0.2) is 0 Å². The number of carbonyl (C=O) groups is 1. The second kappa shape index (κ2) is 6.96. The van der Waals surface area contributed by atoms with Crippen LogP contribution in [0.3, 0.4) is 0 Å². The van der Waals surface area contributed by atoms with Gasteiger partial charge in [0.05, 0.1) is 26.7 Å². The van der Waals surface area contributed by atoms with E-state index < -0.39 is 55.1 Å². The van der Waals surface area contributed by atoms with E-state index in [0.29, 0.717) is 12.1 Å². The Morgan fingerprint density at radius 1 is 1.04 bits per heavy atom. The molecule has 136 valence electrons. The molecule has 1 amide bonds. The first-order valence-electron chi connectivity index (χ1n) is 6.62. The number of amides is 1. The number of para-hydroxylation sites is 1. The van der Waals surface area contributed by atoms with E-state index in [4.69, 9.17) is 11.6 Å². The number of carbonyl (C=O) groups excluding carboxylic acids is 1. The van der Waals surface area contributed by atoms with Gasteiger partial charge in [-0.05, 0) is 12.1 Å². The summed E-state index contributed by atoms with van der Waals surface area (Å²) in [6.45, 7) is 0. The van der Waals surface area contributed by atoms with E-state index >= 15 is 0 Å². The predicted octanol–water partition coefficient (Wildman–Crippen LogP) is 4.43. The Balaban J connectivity index is 2.49. The highest BCUT2D eigenvalue weighted by Crippen LogP contribution is 2.37. The molecule has 0 aliphatic carbocycles. The average molecular weight is 390 g/mol. The number of anilines is 1. The second-order valence-corrected chi connectivity index (χ2v) is 5.22. The fraction of sp³-hybridized carbons (Fsp3) is 0.0714. The summed E-state index contributed by atoms with van der Waals surface area (Å²) < 4.78 is 38.8. The number of rotatable bonds is 4. The molecule has 1 N–H and O–H groups in total. The van der Waals surface area contributed by atoms with Crippen molar-refractivity contribution in [1.82, 2.24) is 0 Å². The van der Waals surface area contributed by atoms with Crippen LogP contribution in [0.25, 0.3) is 0 Å². The number of halogens is 4. The summed E-state index contributed by atoms with van der Waals surface area (Å²) >= 11 is 5.56. The monoisotopic (exact) mass is 389 g/mol. The lowest BCUT2D eigenvalue weighted by molar-refractivity contribution is -0.393. The smallest absolute Gasteiger partial charge is 0.321 e. The van der Waals surface area contributed by atoms with Crippen LogP contribution in [-0.2, 0) is 6.18 Å². The van der Waals surface area contributed by atoms with E-state index in [2.05, 4.69) is 0 Å². The molecule has 2 aromatic carbocycles. The largest absolute Gasteiger partial charge is 0.418 e. The summed E-state index contributed by atoms with van der Waals surface area (Å²) in [6.07, 6.45) is -4.76. The van der Waals surface area contributed by atoms with Crippen molar-refractivity contribution in [2.24, 2.45) is 0 Å². The van der Waals surface area contributed by atoms with Crippen LogP contribution in [0.5, 0.6) is 0 Å². The molecule has 0 atom stereocenters. The summed E-state index contributed by atoms with van der Waals surface area (Å²) in [5.74, 6) is -1.20. The maximum atomic E-state index is 12.9. The Labute approximate surface area is 147 Å². The van der Waals surface area contributed by atoms with Gasteiger partial charge < -0.3 is 5.32 Å². The molecule has 0 unspecified atom stereocenters. The van der Waals surface area contributed by atoms with Gasteiger partial charge in [-0.3, -0.25) is 25.0 Å². The zero-order valence-electron chi connectivity index (χ0n) is 12.4. The van der Waals surface area contributed by atoms with Crippen molar-refractivity contribution in [1.29, 1.82) is 0 Å². The normalized spacial score (nSPS) is 11.1. The number of benzene rings is 2. The molecule has 0 radical (unpaired) electrons. The molecular weight excluding hydrogens is 383 g/mol. The highest BCUT2D eigenvalue weighted by Gasteiger charge is 2.34. The minimum absolute atomic E-state index is 0.593. The van der Waals surface area contributed by atoms with Gasteiger partial charge in [-0.15, -0.1) is 0 Å². The first-order chi connectivity index (χ1) is 12.0. The molecule has 0 aromatic heterocycles. The van der Waals surface area contributed by atoms with Crippen LogP contribution in [0.2, 0.25) is 5.02 Å². The molecule has 2 aromatic rings. The van der Waals surface area contributed by atoms with Gasteiger partial charge in [0.25, 0.3) is 17.3 Å². The lowest BCUT2D eigenvalue weighted by Crippen LogP contribution is -2.17. The van der Waals surface area contributed by atoms with E-state index in [0.717, 1.165) is 18.2 Å². The molecular formula is C14H7ClF3N3O5. The van der Waals surface area contributed by atoms with Crippen LogP contribution in [0.1, 0.15) is 15.9 Å². The second-order valence-electron chi connectivity index (χ2n) is 4.84. The van der Waals surface area contributed by atoms with E-state index in [1.54, 1.807) is 0 Å². The number of nitrogens with one attached hydrogen (secondary N) is 1. The van der Waals surface area contributed by atoms with Crippen molar-refractivity contribution >= 4 is 34.6 Å². The lowest BCUT2D eigenvalue weighted by atomic mass is 10.1. The molecule has 12 heteroatoms. The molecule has 8 nitrogen and oxygen atoms in total. The molecule has 0 bridgehead atoms. The summed E-state index contributed by atoms with van der Waals surface area (Å²) in [7, 11) is 0. The number of hydrogen-bond donors (Lipinski definition) is 1. The maximum absolute atomic E-state index is 12.9. The highest BCUT2D eigenvalue weighted by molar-refractivity contribution is 6.35. The van der Waals surface area contributed by atoms with Crippen molar-refractivity contribution < 1.29 is 27.8 Å². The predicted molar refractivity (Wildman–Crippen MR) is 84.2 cm³/mol. The van der Waals surface area contributed by atoms with Crippen molar-refractivity contribution in [3.63, 3.8) is 0 Å². The molecule has 0 aliphatic heterocycles. The minimum Gasteiger partial charge on any atom is -0.321 e. The Hall–Kier alpha value is -3.21. The standard InChI is InChI=1S/C14H7ClF3N3O5/c15-12-10(20(23)24)5-7(6-11(12)21(25)26)13(22)19-9-4-2-1-3-8(9)14(16,17)18/h1-6H,(H,19,22). The van der Waals surface area contributed by atoms with Crippen LogP contribution in [0, 0.1) is 20.2 Å². The van der Waals surface area contributed by atoms with Gasteiger partial charge in [0.2, 0.25) is 0 Å². The highest BCUT2D eigenvalue weighted by atomic mass is 35.5. The van der Waals surface area contributed by atoms with Crippen LogP contribution in [0.15, 0.2) is 36.4 Å². The molecule has 0 saturated carbocycles. The first-order valence-corrected chi connectivity index (χ1v) is 7.00. The van der Waals surface area contributed by atoms with Crippen LogP contribution in [-0.4, -0.2) is 15.8 Å². The maximum Gasteiger partial charge on any atom is 0.418 e. The van der Waals surface area contributed by atoms with Crippen LogP contribution in [0.4, 0.5) is 30.2 Å². The number of hydrogen-bond acceptors (Lipinski definition) is 5. The van der Waals surface area contributed by atoms with Gasteiger partial charge in [0.15, 0.2) is 5.02 Å². The fourth-order valence-electron chi connectivity index (χ4n) is 2.02. The Bertz CT molecular complexity index is 882. The minimum atomic E-state index is -4.76. The van der Waals surface area contributed by atoms with Crippen molar-refractivity contribution in [2.75, 3.05) is 5.32 Å². The fourth-order valence-corrected chi connectivity index (χ4v) is 2.27. The molecule has 0 heterocycles. The number of nitro benzene ring substituents is 2. The molecule has 0 fully saturated rings. The number of nitro groups is 2. The third kappa shape index (κ3) is 3.88. The van der Waals surface area contributed by atoms with Crippen molar-refractivity contribution in [2.45, 2.75) is 6.18 Å². The zero-order valence-corrected chi connectivity index (χ0v) is 13.2. The average Bonchev–Trinajstić information content (AvgIpc) is 2.53. The summed E-state index contributed by atoms with van der Waals surface area (Å²) in [5.41, 5.74) is -4.19. The van der Waals surface area contributed by atoms with E-state index in [9.17, 15) is 38.2 Å². The quantitative estimate of drug-likeness (QED) is 0.613. The van der Waals surface area contributed by atoms with Gasteiger partial charge >= 0.3 is 6.18 Å². The first kappa shape index (κ1) is 19.1. The zero-order chi connectivity index (χ0) is 19.6. The topological polar surface area (TPSA) is 115 Å². The van der Waals surface area contributed by atoms with Gasteiger partial charge in [0.1, 0.15) is 0 Å². The van der Waals surface area contributed by atoms with E-state index in [1.807, 2.05) is 5.32 Å². The number of nitrogens with zero attached hydrogens (tertiary/aromatic N) is 2. The molecule has 2 rings (SSSR count). The molecule has 26 heavy (non-hydrogen) atoms. The summed E-state index contributed by atoms with van der Waals surface area (Å²) in [4.78, 5) is 32.0. The molecule has 0 spiro atoms. The van der Waals surface area contributed by atoms with Crippen molar-refractivity contribution in [3.05, 3.63) is 72.8 Å². The van der Waals surface area contributed by atoms with Gasteiger partial charge in [0, 0.05) is 12.1 Å². The SMILES string of the molecule is O=C(Nc1ccccc1C(F)(F)F)c1cc([N+](=O)[O-])c(Cl)c([N+](=O)[O-])c1. The van der Waals surface area contributed by atoms with Crippen LogP contribution >= 0.6 is 11.6 Å². The number of alkyl halides is 3. The van der Waals surface area contributed by atoms with E-state index in [-0.39, 0.29) is 0 Å². The lowest BCUT2D eigenvalue weighted by Gasteiger charge is -2.13. The van der Waals surface area contributed by atoms with Crippen molar-refractivity contribution in [3.8, 4) is 0 Å². The van der Waals surface area contributed by atoms with Gasteiger partial charge in [-0.2, -0.15) is 13.2 Å². The third-order valence-corrected chi connectivity index (χ3v) is 3.56. The molecule has 0 saturated heterocycles. The Kier molecular flexibility index (Phi) is 5.12. The Morgan fingerprint density at radius 2 is 1.54 bits per heavy atom. The van der Waals surface area contributed by atoms with Crippen LogP contribution < -0.4 is 5.32 Å².